The van der Waals surface area contributed by atoms with Crippen LogP contribution in [0.4, 0.5) is 5.69 Å². The number of anilines is 1. The van der Waals surface area contributed by atoms with Crippen LogP contribution >= 0.6 is 11.6 Å². The molecule has 0 saturated heterocycles. The Labute approximate surface area is 241 Å². The topological polar surface area (TPSA) is 96.0 Å². The first-order valence-electron chi connectivity index (χ1n) is 13.2. The summed E-state index contributed by atoms with van der Waals surface area (Å²) >= 11 is 6.41. The Hall–Kier alpha value is -3.56. The Morgan fingerprint density at radius 1 is 0.925 bits per heavy atom. The number of carbonyl (C=O) groups excluding carboxylic acids is 2. The smallest absolute Gasteiger partial charge is 0.264 e. The molecule has 0 radical (unpaired) electrons. The Morgan fingerprint density at radius 2 is 1.55 bits per heavy atom. The number of halogens is 1. The van der Waals surface area contributed by atoms with Gasteiger partial charge in [0.05, 0.1) is 17.2 Å². The molecule has 0 unspecified atom stereocenters. The molecular weight excluding hydrogens is 550 g/mol. The van der Waals surface area contributed by atoms with Gasteiger partial charge in [-0.1, -0.05) is 67.1 Å². The number of nitrogens with zero attached hydrogens (tertiary/aromatic N) is 2. The molecule has 214 valence electrons. The van der Waals surface area contributed by atoms with Crippen LogP contribution in [-0.2, 0) is 26.2 Å². The lowest BCUT2D eigenvalue weighted by atomic mass is 10.1. The van der Waals surface area contributed by atoms with Gasteiger partial charge < -0.3 is 15.0 Å². The number of hydrogen-bond donors (Lipinski definition) is 1. The first-order valence-corrected chi connectivity index (χ1v) is 15.0. The second-order valence-corrected chi connectivity index (χ2v) is 11.6. The lowest BCUT2D eigenvalue weighted by Gasteiger charge is -2.33. The van der Waals surface area contributed by atoms with E-state index in [1.807, 2.05) is 13.8 Å². The van der Waals surface area contributed by atoms with E-state index >= 15 is 0 Å². The third-order valence-corrected chi connectivity index (χ3v) is 8.65. The second-order valence-electron chi connectivity index (χ2n) is 9.33. The maximum atomic E-state index is 14.0. The number of para-hydroxylation sites is 2. The monoisotopic (exact) mass is 585 g/mol. The van der Waals surface area contributed by atoms with Crippen molar-refractivity contribution in [2.45, 2.75) is 57.6 Å². The summed E-state index contributed by atoms with van der Waals surface area (Å²) in [7, 11) is -4.19. The molecule has 2 amide bonds. The van der Waals surface area contributed by atoms with Crippen molar-refractivity contribution in [3.63, 3.8) is 0 Å². The number of sulfonamides is 1. The number of ether oxygens (including phenoxy) is 1. The molecule has 0 aliphatic carbocycles. The summed E-state index contributed by atoms with van der Waals surface area (Å²) in [4.78, 5) is 28.6. The van der Waals surface area contributed by atoms with Crippen LogP contribution in [0.25, 0.3) is 0 Å². The van der Waals surface area contributed by atoms with Crippen LogP contribution < -0.4 is 14.4 Å². The number of hydrogen-bond acceptors (Lipinski definition) is 5. The van der Waals surface area contributed by atoms with E-state index in [2.05, 4.69) is 5.32 Å². The highest BCUT2D eigenvalue weighted by molar-refractivity contribution is 7.92. The molecular formula is C30H36ClN3O5S. The van der Waals surface area contributed by atoms with Crippen molar-refractivity contribution < 1.29 is 22.7 Å². The van der Waals surface area contributed by atoms with E-state index in [0.717, 1.165) is 4.31 Å². The Balaban J connectivity index is 2.07. The first-order chi connectivity index (χ1) is 19.1. The minimum absolute atomic E-state index is 0.0138. The van der Waals surface area contributed by atoms with E-state index in [4.69, 9.17) is 16.3 Å². The predicted molar refractivity (Wildman–Crippen MR) is 158 cm³/mol. The first kappa shape index (κ1) is 31.0. The molecule has 1 N–H and O–H groups in total. The minimum atomic E-state index is -4.19. The lowest BCUT2D eigenvalue weighted by molar-refractivity contribution is -0.139. The third kappa shape index (κ3) is 7.55. The molecule has 3 rings (SSSR count). The lowest BCUT2D eigenvalue weighted by Crippen LogP contribution is -2.52. The van der Waals surface area contributed by atoms with Gasteiger partial charge in [-0.2, -0.15) is 0 Å². The summed E-state index contributed by atoms with van der Waals surface area (Å²) < 4.78 is 34.7. The van der Waals surface area contributed by atoms with Crippen molar-refractivity contribution in [1.29, 1.82) is 0 Å². The van der Waals surface area contributed by atoms with Crippen molar-refractivity contribution in [3.8, 4) is 5.75 Å². The van der Waals surface area contributed by atoms with Crippen molar-refractivity contribution in [1.82, 2.24) is 10.2 Å². The van der Waals surface area contributed by atoms with Gasteiger partial charge in [0.25, 0.3) is 10.0 Å². The van der Waals surface area contributed by atoms with Gasteiger partial charge in [-0.05, 0) is 63.1 Å². The van der Waals surface area contributed by atoms with Crippen LogP contribution in [0.3, 0.4) is 0 Å². The normalized spacial score (nSPS) is 12.7. The highest BCUT2D eigenvalue weighted by Crippen LogP contribution is 2.33. The van der Waals surface area contributed by atoms with E-state index in [0.29, 0.717) is 29.4 Å². The van der Waals surface area contributed by atoms with Crippen LogP contribution in [0.5, 0.6) is 5.75 Å². The van der Waals surface area contributed by atoms with Gasteiger partial charge in [0.15, 0.2) is 0 Å². The van der Waals surface area contributed by atoms with E-state index in [1.165, 1.54) is 17.0 Å². The van der Waals surface area contributed by atoms with Crippen molar-refractivity contribution in [2.24, 2.45) is 0 Å². The van der Waals surface area contributed by atoms with Gasteiger partial charge in [-0.3, -0.25) is 13.9 Å². The molecule has 40 heavy (non-hydrogen) atoms. The maximum absolute atomic E-state index is 14.0. The van der Waals surface area contributed by atoms with Crippen molar-refractivity contribution in [3.05, 3.63) is 89.4 Å². The van der Waals surface area contributed by atoms with E-state index in [-0.39, 0.29) is 29.1 Å². The van der Waals surface area contributed by atoms with Crippen LogP contribution in [0.15, 0.2) is 83.8 Å². The van der Waals surface area contributed by atoms with Crippen LogP contribution in [-0.4, -0.2) is 50.4 Å². The number of amides is 2. The number of benzene rings is 3. The highest BCUT2D eigenvalue weighted by atomic mass is 35.5. The molecule has 0 aliphatic rings. The molecule has 0 saturated carbocycles. The van der Waals surface area contributed by atoms with Gasteiger partial charge in [-0.25, -0.2) is 8.42 Å². The maximum Gasteiger partial charge on any atom is 0.264 e. The summed E-state index contributed by atoms with van der Waals surface area (Å²) in [5, 5.41) is 3.35. The summed E-state index contributed by atoms with van der Waals surface area (Å²) in [5.41, 5.74) is 0.851. The Kier molecular flexibility index (Phi) is 11.0. The van der Waals surface area contributed by atoms with E-state index in [9.17, 15) is 18.0 Å². The molecule has 0 aromatic heterocycles. The quantitative estimate of drug-likeness (QED) is 0.295. The van der Waals surface area contributed by atoms with E-state index < -0.39 is 28.5 Å². The predicted octanol–water partition coefficient (Wildman–Crippen LogP) is 5.27. The fraction of sp³-hybridized carbons (Fsp3) is 0.333. The van der Waals surface area contributed by atoms with Gasteiger partial charge in [0.2, 0.25) is 11.8 Å². The molecule has 8 nitrogen and oxygen atoms in total. The number of nitrogens with one attached hydrogen (secondary N) is 1. The molecule has 0 bridgehead atoms. The van der Waals surface area contributed by atoms with Crippen molar-refractivity contribution in [2.75, 3.05) is 17.5 Å². The SMILES string of the molecule is CCOc1ccccc1N(CC(=O)N(Cc1ccccc1Cl)[C@H](C)C(=O)N[C@H](C)CC)S(=O)(=O)c1ccccc1. The Bertz CT molecular complexity index is 1400. The van der Waals surface area contributed by atoms with Crippen LogP contribution in [0, 0.1) is 0 Å². The Morgan fingerprint density at radius 3 is 2.20 bits per heavy atom. The third-order valence-electron chi connectivity index (χ3n) is 6.51. The molecule has 3 aromatic carbocycles. The summed E-state index contributed by atoms with van der Waals surface area (Å²) in [6.07, 6.45) is 0.716. The average molecular weight is 586 g/mol. The number of rotatable bonds is 13. The van der Waals surface area contributed by atoms with Gasteiger partial charge >= 0.3 is 0 Å². The van der Waals surface area contributed by atoms with Gasteiger partial charge in [-0.15, -0.1) is 0 Å². The zero-order valence-electron chi connectivity index (χ0n) is 23.2. The van der Waals surface area contributed by atoms with E-state index in [1.54, 1.807) is 80.6 Å². The minimum Gasteiger partial charge on any atom is -0.492 e. The standard InChI is InChI=1S/C30H36ClN3O5S/c1-5-22(3)32-30(36)23(4)33(20-24-14-10-11-17-26(24)31)29(35)21-34(27-18-12-13-19-28(27)39-6-2)40(37,38)25-15-8-7-9-16-25/h7-19,22-23H,5-6,20-21H2,1-4H3,(H,32,36)/t22-,23-/m1/s1. The molecule has 0 spiro atoms. The number of carbonyl (C=O) groups is 2. The zero-order valence-corrected chi connectivity index (χ0v) is 24.8. The van der Waals surface area contributed by atoms with Gasteiger partial charge in [0.1, 0.15) is 18.3 Å². The van der Waals surface area contributed by atoms with Crippen LogP contribution in [0.2, 0.25) is 5.02 Å². The largest absolute Gasteiger partial charge is 0.492 e. The zero-order chi connectivity index (χ0) is 29.3. The molecule has 0 fully saturated rings. The molecule has 2 atom stereocenters. The molecule has 10 heteroatoms. The van der Waals surface area contributed by atoms with Gasteiger partial charge in [0, 0.05) is 17.6 Å². The average Bonchev–Trinajstić information content (AvgIpc) is 2.96. The van der Waals surface area contributed by atoms with Crippen LogP contribution in [0.1, 0.15) is 39.7 Å². The second kappa shape index (κ2) is 14.2. The fourth-order valence-corrected chi connectivity index (χ4v) is 5.67. The van der Waals surface area contributed by atoms with Crippen molar-refractivity contribution >= 4 is 39.1 Å². The summed E-state index contributed by atoms with van der Waals surface area (Å²) in [6, 6.07) is 20.6. The summed E-state index contributed by atoms with van der Waals surface area (Å²) in [6.45, 7) is 6.99. The molecule has 0 aliphatic heterocycles. The molecule has 3 aromatic rings. The fourth-order valence-electron chi connectivity index (χ4n) is 4.03. The summed E-state index contributed by atoms with van der Waals surface area (Å²) in [5.74, 6) is -0.600. The highest BCUT2D eigenvalue weighted by Gasteiger charge is 2.34. The molecule has 0 heterocycles.